The normalized spacial score (nSPS) is 14.8. The van der Waals surface area contributed by atoms with E-state index in [1.165, 1.54) is 0 Å². The van der Waals surface area contributed by atoms with Gasteiger partial charge in [0, 0.05) is 52.6 Å². The minimum atomic E-state index is -1.82. The number of carboxylic acid groups (broad SMARTS) is 2. The van der Waals surface area contributed by atoms with Gasteiger partial charge < -0.3 is 15.3 Å². The van der Waals surface area contributed by atoms with Gasteiger partial charge in [-0.15, -0.1) is 6.42 Å². The monoisotopic (exact) mass is 543 g/mol. The molecule has 0 bridgehead atoms. The molecular weight excluding hydrogens is 524 g/mol. The van der Waals surface area contributed by atoms with E-state index in [1.807, 2.05) is 24.3 Å². The second-order valence-electron chi connectivity index (χ2n) is 7.52. The van der Waals surface area contributed by atoms with E-state index in [0.717, 1.165) is 29.8 Å². The van der Waals surface area contributed by atoms with E-state index in [4.69, 9.17) is 72.6 Å². The molecule has 3 rings (SSSR count). The van der Waals surface area contributed by atoms with Crippen molar-refractivity contribution in [2.75, 3.05) is 19.6 Å². The first-order valence-electron chi connectivity index (χ1n) is 9.94. The second kappa shape index (κ2) is 12.5. The van der Waals surface area contributed by atoms with Crippen LogP contribution in [0.2, 0.25) is 20.1 Å². The third-order valence-corrected chi connectivity index (χ3v) is 5.91. The molecule has 6 nitrogen and oxygen atoms in total. The summed E-state index contributed by atoms with van der Waals surface area (Å²) in [5.41, 5.74) is 1.71. The fourth-order valence-corrected chi connectivity index (χ4v) is 4.34. The van der Waals surface area contributed by atoms with Gasteiger partial charge in [0.2, 0.25) is 0 Å². The van der Waals surface area contributed by atoms with E-state index in [2.05, 4.69) is 16.9 Å². The van der Waals surface area contributed by atoms with Gasteiger partial charge in [-0.25, -0.2) is 9.59 Å². The summed E-state index contributed by atoms with van der Waals surface area (Å²) < 4.78 is 0. The molecular formula is C24H21Cl4NO5. The predicted octanol–water partition coefficient (Wildman–Crippen LogP) is 5.35. The highest BCUT2D eigenvalue weighted by Gasteiger charge is 2.29. The van der Waals surface area contributed by atoms with Crippen molar-refractivity contribution in [3.63, 3.8) is 0 Å². The minimum absolute atomic E-state index is 0.554. The van der Waals surface area contributed by atoms with Crippen LogP contribution in [-0.2, 0) is 9.59 Å². The molecule has 1 aliphatic heterocycles. The van der Waals surface area contributed by atoms with Gasteiger partial charge in [-0.05, 0) is 53.1 Å². The number of likely N-dealkylation sites (tertiary alicyclic amines) is 1. The zero-order valence-electron chi connectivity index (χ0n) is 17.8. The topological polar surface area (TPSA) is 98.1 Å². The van der Waals surface area contributed by atoms with Crippen LogP contribution in [0.3, 0.4) is 0 Å². The van der Waals surface area contributed by atoms with Gasteiger partial charge in [0.15, 0.2) is 0 Å². The lowest BCUT2D eigenvalue weighted by atomic mass is 9.92. The first-order valence-corrected chi connectivity index (χ1v) is 11.5. The Morgan fingerprint density at radius 2 is 1.26 bits per heavy atom. The van der Waals surface area contributed by atoms with E-state index in [1.54, 1.807) is 12.1 Å². The maximum atomic E-state index is 10.2. The number of halogens is 4. The molecule has 0 aromatic heterocycles. The number of nitrogens with zero attached hydrogens (tertiary/aromatic N) is 1. The number of rotatable bonds is 4. The molecule has 1 heterocycles. The summed E-state index contributed by atoms with van der Waals surface area (Å²) in [4.78, 5) is 20.4. The molecule has 2 aromatic carbocycles. The summed E-state index contributed by atoms with van der Waals surface area (Å²) in [7, 11) is 0. The average molecular weight is 545 g/mol. The lowest BCUT2D eigenvalue weighted by Crippen LogP contribution is -2.43. The van der Waals surface area contributed by atoms with Gasteiger partial charge in [0.05, 0.1) is 0 Å². The van der Waals surface area contributed by atoms with Crippen LogP contribution in [0.1, 0.15) is 24.0 Å². The van der Waals surface area contributed by atoms with Crippen molar-refractivity contribution in [2.45, 2.75) is 18.4 Å². The number of piperidine rings is 1. The SMILES string of the molecule is C#CC1(O)CCN(CC=C(c2cc(Cl)cc(Cl)c2)c2cc(Cl)cc(Cl)c2)CC1.O=C(O)C(=O)O. The van der Waals surface area contributed by atoms with Crippen LogP contribution >= 0.6 is 46.4 Å². The Labute approximate surface area is 217 Å². The van der Waals surface area contributed by atoms with Crippen LogP contribution in [0.25, 0.3) is 5.57 Å². The number of hydrogen-bond acceptors (Lipinski definition) is 4. The number of terminal acetylenes is 1. The van der Waals surface area contributed by atoms with Crippen LogP contribution in [0.15, 0.2) is 42.5 Å². The summed E-state index contributed by atoms with van der Waals surface area (Å²) in [6.45, 7) is 2.12. The van der Waals surface area contributed by atoms with Crippen molar-refractivity contribution in [1.29, 1.82) is 0 Å². The summed E-state index contributed by atoms with van der Waals surface area (Å²) in [5.74, 6) is -1.15. The molecule has 0 radical (unpaired) electrons. The molecule has 10 heteroatoms. The third-order valence-electron chi connectivity index (χ3n) is 5.04. The Morgan fingerprint density at radius 3 is 1.59 bits per heavy atom. The number of aliphatic hydroxyl groups is 1. The zero-order valence-corrected chi connectivity index (χ0v) is 20.8. The lowest BCUT2D eigenvalue weighted by Gasteiger charge is -2.34. The second-order valence-corrected chi connectivity index (χ2v) is 9.27. The van der Waals surface area contributed by atoms with Crippen LogP contribution in [-0.4, -0.2) is 57.4 Å². The predicted molar refractivity (Wildman–Crippen MR) is 135 cm³/mol. The van der Waals surface area contributed by atoms with Crippen LogP contribution in [0, 0.1) is 12.3 Å². The van der Waals surface area contributed by atoms with Gasteiger partial charge in [-0.1, -0.05) is 58.4 Å². The molecule has 0 aliphatic carbocycles. The first-order chi connectivity index (χ1) is 15.9. The Bertz CT molecular complexity index is 1030. The molecule has 3 N–H and O–H groups in total. The van der Waals surface area contributed by atoms with E-state index in [-0.39, 0.29) is 0 Å². The highest BCUT2D eigenvalue weighted by Crippen LogP contribution is 2.32. The van der Waals surface area contributed by atoms with Crippen molar-refractivity contribution in [1.82, 2.24) is 4.90 Å². The smallest absolute Gasteiger partial charge is 0.414 e. The maximum absolute atomic E-state index is 10.2. The summed E-state index contributed by atoms with van der Waals surface area (Å²) in [5, 5.41) is 27.2. The minimum Gasteiger partial charge on any atom is -0.473 e. The van der Waals surface area contributed by atoms with Crippen molar-refractivity contribution in [3.8, 4) is 12.3 Å². The Hall–Kier alpha value is -2.24. The Kier molecular flexibility index (Phi) is 10.3. The zero-order chi connectivity index (χ0) is 25.5. The van der Waals surface area contributed by atoms with Gasteiger partial charge in [0.25, 0.3) is 0 Å². The van der Waals surface area contributed by atoms with Gasteiger partial charge in [0.1, 0.15) is 5.60 Å². The molecule has 2 aromatic rings. The van der Waals surface area contributed by atoms with Crippen molar-refractivity contribution in [2.24, 2.45) is 0 Å². The fraction of sp³-hybridized carbons (Fsp3) is 0.250. The number of benzene rings is 2. The van der Waals surface area contributed by atoms with E-state index in [0.29, 0.717) is 39.5 Å². The molecule has 0 unspecified atom stereocenters. The quantitative estimate of drug-likeness (QED) is 0.354. The molecule has 0 atom stereocenters. The fourth-order valence-electron chi connectivity index (χ4n) is 3.29. The molecule has 34 heavy (non-hydrogen) atoms. The summed E-state index contributed by atoms with van der Waals surface area (Å²) >= 11 is 24.9. The molecule has 1 saturated heterocycles. The van der Waals surface area contributed by atoms with E-state index in [9.17, 15) is 5.11 Å². The molecule has 0 amide bonds. The van der Waals surface area contributed by atoms with Crippen LogP contribution < -0.4 is 0 Å². The number of carboxylic acids is 2. The summed E-state index contributed by atoms with van der Waals surface area (Å²) in [6.07, 6.45) is 8.64. The standard InChI is InChI=1S/C22H19Cl4NO.C2H2O4/c1-2-22(28)4-7-27(8-5-22)6-3-21(15-9-17(23)13-18(24)10-15)16-11-19(25)14-20(26)12-16;3-1(4)2(5)6/h1,3,9-14,28H,4-8H2;(H,3,4)(H,5,6). The third kappa shape index (κ3) is 8.52. The highest BCUT2D eigenvalue weighted by atomic mass is 35.5. The molecule has 0 spiro atoms. The molecule has 0 saturated carbocycles. The van der Waals surface area contributed by atoms with Gasteiger partial charge in [-0.3, -0.25) is 4.90 Å². The lowest BCUT2D eigenvalue weighted by molar-refractivity contribution is -0.159. The number of carbonyl (C=O) groups is 2. The van der Waals surface area contributed by atoms with E-state index >= 15 is 0 Å². The van der Waals surface area contributed by atoms with Gasteiger partial charge >= 0.3 is 11.9 Å². The van der Waals surface area contributed by atoms with Crippen molar-refractivity contribution < 1.29 is 24.9 Å². The maximum Gasteiger partial charge on any atom is 0.414 e. The molecule has 1 aliphatic rings. The Morgan fingerprint density at radius 1 is 0.882 bits per heavy atom. The van der Waals surface area contributed by atoms with Crippen LogP contribution in [0.5, 0.6) is 0 Å². The number of hydrogen-bond donors (Lipinski definition) is 3. The van der Waals surface area contributed by atoms with Crippen LogP contribution in [0.4, 0.5) is 0 Å². The molecule has 1 fully saturated rings. The van der Waals surface area contributed by atoms with Crippen molar-refractivity contribution >= 4 is 63.9 Å². The van der Waals surface area contributed by atoms with Gasteiger partial charge in [-0.2, -0.15) is 0 Å². The summed E-state index contributed by atoms with van der Waals surface area (Å²) in [6, 6.07) is 10.8. The highest BCUT2D eigenvalue weighted by molar-refractivity contribution is 6.35. The first kappa shape index (κ1) is 28.0. The van der Waals surface area contributed by atoms with Crippen molar-refractivity contribution in [3.05, 3.63) is 73.7 Å². The largest absolute Gasteiger partial charge is 0.473 e. The Balaban J connectivity index is 0.000000604. The number of aliphatic carboxylic acids is 2. The average Bonchev–Trinajstić information content (AvgIpc) is 2.74. The molecule has 180 valence electrons. The van der Waals surface area contributed by atoms with E-state index < -0.39 is 17.5 Å².